The summed E-state index contributed by atoms with van der Waals surface area (Å²) in [7, 11) is 0. The molecule has 0 radical (unpaired) electrons. The predicted octanol–water partition coefficient (Wildman–Crippen LogP) is 2.64. The van der Waals surface area contributed by atoms with Crippen LogP contribution in [0.4, 0.5) is 0 Å². The number of likely N-dealkylation sites (tertiary alicyclic amines) is 1. The van der Waals surface area contributed by atoms with E-state index in [4.69, 9.17) is 5.73 Å². The maximum atomic E-state index is 12.9. The van der Waals surface area contributed by atoms with Crippen molar-refractivity contribution in [1.29, 1.82) is 0 Å². The van der Waals surface area contributed by atoms with Gasteiger partial charge < -0.3 is 15.2 Å². The van der Waals surface area contributed by atoms with E-state index < -0.39 is 0 Å². The molecule has 2 aliphatic rings. The van der Waals surface area contributed by atoms with Gasteiger partial charge in [-0.05, 0) is 44.6 Å². The Morgan fingerprint density at radius 2 is 1.95 bits per heavy atom. The van der Waals surface area contributed by atoms with E-state index in [-0.39, 0.29) is 17.4 Å². The number of amides is 1. The van der Waals surface area contributed by atoms with Crippen LogP contribution in [0, 0.1) is 19.3 Å². The normalized spacial score (nSPS) is 25.2. The second-order valence-electron chi connectivity index (χ2n) is 7.50. The minimum atomic E-state index is -0.00405. The van der Waals surface area contributed by atoms with Gasteiger partial charge >= 0.3 is 0 Å². The smallest absolute Gasteiger partial charge is 0.255 e. The molecule has 1 aliphatic heterocycles. The summed E-state index contributed by atoms with van der Waals surface area (Å²) in [4.78, 5) is 14.9. The Kier molecular flexibility index (Phi) is 3.40. The van der Waals surface area contributed by atoms with Gasteiger partial charge in [-0.25, -0.2) is 0 Å². The zero-order valence-electron chi connectivity index (χ0n) is 13.6. The molecular weight excluding hydrogens is 262 g/mol. The second kappa shape index (κ2) is 4.87. The van der Waals surface area contributed by atoms with Gasteiger partial charge in [0, 0.05) is 36.6 Å². The number of carbonyl (C=O) groups excluding carboxylic acids is 1. The zero-order valence-corrected chi connectivity index (χ0v) is 13.6. The molecule has 0 bridgehead atoms. The Morgan fingerprint density at radius 1 is 1.29 bits per heavy atom. The van der Waals surface area contributed by atoms with Crippen LogP contribution in [0.2, 0.25) is 0 Å². The highest BCUT2D eigenvalue weighted by atomic mass is 16.2. The molecule has 1 aromatic rings. The van der Waals surface area contributed by atoms with Gasteiger partial charge in [-0.1, -0.05) is 13.8 Å². The van der Waals surface area contributed by atoms with Gasteiger partial charge in [0.15, 0.2) is 0 Å². The average molecular weight is 289 g/mol. The molecule has 4 heteroatoms. The van der Waals surface area contributed by atoms with Crippen LogP contribution in [0.1, 0.15) is 60.9 Å². The summed E-state index contributed by atoms with van der Waals surface area (Å²) in [6.07, 6.45) is 3.38. The fourth-order valence-corrected chi connectivity index (χ4v) is 3.61. The Balaban J connectivity index is 1.84. The lowest BCUT2D eigenvalue weighted by molar-refractivity contribution is 0.0532. The molecular formula is C17H27N3O. The number of hydrogen-bond donors (Lipinski definition) is 1. The first-order valence-corrected chi connectivity index (χ1v) is 8.04. The first-order valence-electron chi connectivity index (χ1n) is 8.04. The second-order valence-corrected chi connectivity index (χ2v) is 7.50. The van der Waals surface area contributed by atoms with Crippen LogP contribution in [0.15, 0.2) is 6.07 Å². The highest BCUT2D eigenvalue weighted by molar-refractivity contribution is 5.95. The van der Waals surface area contributed by atoms with Crippen molar-refractivity contribution in [1.82, 2.24) is 9.47 Å². The lowest BCUT2D eigenvalue weighted by atomic mass is 9.79. The third kappa shape index (κ3) is 2.50. The van der Waals surface area contributed by atoms with Crippen molar-refractivity contribution in [2.75, 3.05) is 13.1 Å². The van der Waals surface area contributed by atoms with E-state index in [1.165, 1.54) is 18.5 Å². The summed E-state index contributed by atoms with van der Waals surface area (Å²) in [5.74, 6) is 0.176. The third-order valence-corrected chi connectivity index (χ3v) is 5.23. The fraction of sp³-hybridized carbons (Fsp3) is 0.706. The molecule has 0 spiro atoms. The van der Waals surface area contributed by atoms with Gasteiger partial charge in [0.05, 0.1) is 5.56 Å². The Morgan fingerprint density at radius 3 is 2.52 bits per heavy atom. The van der Waals surface area contributed by atoms with Gasteiger partial charge in [-0.2, -0.15) is 0 Å². The largest absolute Gasteiger partial charge is 0.345 e. The van der Waals surface area contributed by atoms with Crippen molar-refractivity contribution in [3.63, 3.8) is 0 Å². The first-order chi connectivity index (χ1) is 9.81. The van der Waals surface area contributed by atoms with Gasteiger partial charge in [-0.15, -0.1) is 0 Å². The minimum Gasteiger partial charge on any atom is -0.345 e. The zero-order chi connectivity index (χ0) is 15.4. The van der Waals surface area contributed by atoms with Crippen molar-refractivity contribution in [2.45, 2.75) is 59.0 Å². The van der Waals surface area contributed by atoms with Crippen LogP contribution >= 0.6 is 0 Å². The minimum absolute atomic E-state index is 0.00405. The summed E-state index contributed by atoms with van der Waals surface area (Å²) in [5, 5.41) is 0. The van der Waals surface area contributed by atoms with Crippen LogP contribution < -0.4 is 5.73 Å². The number of hydrogen-bond acceptors (Lipinski definition) is 2. The molecule has 1 aliphatic carbocycles. The van der Waals surface area contributed by atoms with Crippen LogP contribution in [0.25, 0.3) is 0 Å². The lowest BCUT2D eigenvalue weighted by Crippen LogP contribution is -2.54. The molecule has 0 aromatic carbocycles. The lowest BCUT2D eigenvalue weighted by Gasteiger charge is -2.42. The molecule has 1 saturated carbocycles. The van der Waals surface area contributed by atoms with Crippen molar-refractivity contribution >= 4 is 5.91 Å². The molecule has 1 amide bonds. The van der Waals surface area contributed by atoms with Crippen molar-refractivity contribution in [3.05, 3.63) is 23.0 Å². The van der Waals surface area contributed by atoms with E-state index >= 15 is 0 Å². The van der Waals surface area contributed by atoms with Crippen LogP contribution in [0.5, 0.6) is 0 Å². The summed E-state index contributed by atoms with van der Waals surface area (Å²) < 4.78 is 2.34. The van der Waals surface area contributed by atoms with E-state index in [0.717, 1.165) is 30.8 Å². The van der Waals surface area contributed by atoms with Crippen LogP contribution in [-0.4, -0.2) is 34.5 Å². The average Bonchev–Trinajstić information content (AvgIpc) is 3.18. The maximum Gasteiger partial charge on any atom is 0.255 e. The van der Waals surface area contributed by atoms with Gasteiger partial charge in [0.25, 0.3) is 5.91 Å². The Bertz CT molecular complexity index is 569. The highest BCUT2D eigenvalue weighted by Gasteiger charge is 2.37. The molecule has 116 valence electrons. The SMILES string of the molecule is Cc1cc(C(=O)N2CCC(N)C(C)(C)C2)c(C)n1C1CC1. The molecule has 1 atom stereocenters. The summed E-state index contributed by atoms with van der Waals surface area (Å²) >= 11 is 0. The number of aromatic nitrogens is 1. The monoisotopic (exact) mass is 289 g/mol. The topological polar surface area (TPSA) is 51.3 Å². The Labute approximate surface area is 127 Å². The molecule has 2 heterocycles. The fourth-order valence-electron chi connectivity index (χ4n) is 3.61. The van der Waals surface area contributed by atoms with E-state index in [1.807, 2.05) is 4.90 Å². The van der Waals surface area contributed by atoms with E-state index in [9.17, 15) is 4.79 Å². The summed E-state index contributed by atoms with van der Waals surface area (Å²) in [5.41, 5.74) is 9.40. The van der Waals surface area contributed by atoms with Crippen LogP contribution in [0.3, 0.4) is 0 Å². The third-order valence-electron chi connectivity index (χ3n) is 5.23. The molecule has 2 N–H and O–H groups in total. The number of aryl methyl sites for hydroxylation is 1. The van der Waals surface area contributed by atoms with Gasteiger partial charge in [-0.3, -0.25) is 4.79 Å². The molecule has 4 nitrogen and oxygen atoms in total. The standard InChI is InChI=1S/C17H27N3O/c1-11-9-14(12(2)20(11)13-5-6-13)16(21)19-8-7-15(18)17(3,4)10-19/h9,13,15H,5-8,10,18H2,1-4H3. The van der Waals surface area contributed by atoms with Gasteiger partial charge in [0.2, 0.25) is 0 Å². The first kappa shape index (κ1) is 14.6. The molecule has 21 heavy (non-hydrogen) atoms. The van der Waals surface area contributed by atoms with E-state index in [2.05, 4.69) is 38.3 Å². The van der Waals surface area contributed by atoms with E-state index in [0.29, 0.717) is 6.04 Å². The number of nitrogens with zero attached hydrogens (tertiary/aromatic N) is 2. The maximum absolute atomic E-state index is 12.9. The number of carbonyl (C=O) groups is 1. The predicted molar refractivity (Wildman–Crippen MR) is 84.5 cm³/mol. The Hall–Kier alpha value is -1.29. The van der Waals surface area contributed by atoms with Crippen LogP contribution in [-0.2, 0) is 0 Å². The highest BCUT2D eigenvalue weighted by Crippen LogP contribution is 2.39. The van der Waals surface area contributed by atoms with Gasteiger partial charge in [0.1, 0.15) is 0 Å². The molecule has 1 saturated heterocycles. The number of nitrogens with two attached hydrogens (primary N) is 1. The van der Waals surface area contributed by atoms with E-state index in [1.54, 1.807) is 0 Å². The quantitative estimate of drug-likeness (QED) is 0.910. The summed E-state index contributed by atoms with van der Waals surface area (Å²) in [6.45, 7) is 10.0. The number of rotatable bonds is 2. The molecule has 3 rings (SSSR count). The number of piperidine rings is 1. The molecule has 1 aromatic heterocycles. The summed E-state index contributed by atoms with van der Waals surface area (Å²) in [6, 6.07) is 2.87. The molecule has 2 fully saturated rings. The van der Waals surface area contributed by atoms with Crippen molar-refractivity contribution < 1.29 is 4.79 Å². The van der Waals surface area contributed by atoms with Crippen molar-refractivity contribution in [2.24, 2.45) is 11.1 Å². The molecule has 1 unspecified atom stereocenters. The van der Waals surface area contributed by atoms with Crippen molar-refractivity contribution in [3.8, 4) is 0 Å².